The number of fused-ring (bicyclic) bond motifs is 1. The number of nitrogens with one attached hydrogen (secondary N) is 1. The molecule has 5 rings (SSSR count). The summed E-state index contributed by atoms with van der Waals surface area (Å²) in [6.45, 7) is 0.560. The van der Waals surface area contributed by atoms with E-state index in [2.05, 4.69) is 10.3 Å². The molecule has 2 heterocycles. The van der Waals surface area contributed by atoms with Gasteiger partial charge in [0.05, 0.1) is 23.3 Å². The molecule has 0 aliphatic carbocycles. The fraction of sp³-hybridized carbons (Fsp3) is 0.0385. The van der Waals surface area contributed by atoms with Gasteiger partial charge >= 0.3 is 0 Å². The fourth-order valence-electron chi connectivity index (χ4n) is 3.65. The van der Waals surface area contributed by atoms with E-state index in [1.54, 1.807) is 29.2 Å². The normalized spacial score (nSPS) is 10.9. The van der Waals surface area contributed by atoms with Gasteiger partial charge in [-0.1, -0.05) is 72.3 Å². The summed E-state index contributed by atoms with van der Waals surface area (Å²) in [5, 5.41) is 9.34. The Morgan fingerprint density at radius 2 is 1.69 bits per heavy atom. The minimum atomic E-state index is -0.243. The number of amides is 1. The molecular weight excluding hydrogens is 420 g/mol. The molecule has 3 aromatic carbocycles. The van der Waals surface area contributed by atoms with E-state index in [0.29, 0.717) is 28.5 Å². The van der Waals surface area contributed by atoms with Crippen molar-refractivity contribution in [2.24, 2.45) is 0 Å². The maximum Gasteiger partial charge on any atom is 0.259 e. The first-order valence-electron chi connectivity index (χ1n) is 10.2. The smallest absolute Gasteiger partial charge is 0.259 e. The topological polar surface area (TPSA) is 59.8 Å². The molecule has 0 saturated carbocycles. The third kappa shape index (κ3) is 4.11. The number of halogens is 1. The molecule has 0 aliphatic rings. The highest BCUT2D eigenvalue weighted by Crippen LogP contribution is 2.27. The fourth-order valence-corrected chi connectivity index (χ4v) is 3.78. The van der Waals surface area contributed by atoms with E-state index in [-0.39, 0.29) is 5.91 Å². The van der Waals surface area contributed by atoms with Crippen molar-refractivity contribution in [1.29, 1.82) is 0 Å². The van der Waals surface area contributed by atoms with Crippen LogP contribution in [0.1, 0.15) is 15.9 Å². The van der Waals surface area contributed by atoms with Gasteiger partial charge in [0.15, 0.2) is 0 Å². The molecule has 2 aromatic heterocycles. The van der Waals surface area contributed by atoms with Gasteiger partial charge in [-0.15, -0.1) is 0 Å². The summed E-state index contributed by atoms with van der Waals surface area (Å²) in [7, 11) is 0. The maximum absolute atomic E-state index is 13.4. The van der Waals surface area contributed by atoms with Crippen molar-refractivity contribution in [3.63, 3.8) is 0 Å². The number of hydrogen-bond donors (Lipinski definition) is 1. The van der Waals surface area contributed by atoms with Crippen LogP contribution in [-0.2, 0) is 6.54 Å². The zero-order chi connectivity index (χ0) is 21.9. The first-order valence-corrected chi connectivity index (χ1v) is 10.6. The van der Waals surface area contributed by atoms with Crippen LogP contribution >= 0.6 is 11.6 Å². The standard InChI is InChI=1S/C26H19ClN4O/c27-21-13-11-20(12-14-21)24-22(17-31(30-24)16-18-6-2-1-3-7-18)26(32)29-23-10-4-8-19-9-5-15-28-25(19)23/h1-15,17H,16H2,(H,29,32). The number of pyridine rings is 1. The summed E-state index contributed by atoms with van der Waals surface area (Å²) in [5.74, 6) is -0.243. The molecule has 6 heteroatoms. The van der Waals surface area contributed by atoms with Gasteiger partial charge in [0.2, 0.25) is 0 Å². The first kappa shape index (κ1) is 20.0. The molecule has 0 radical (unpaired) electrons. The van der Waals surface area contributed by atoms with Gasteiger partial charge in [0.25, 0.3) is 5.91 Å². The Labute approximate surface area is 190 Å². The Balaban J connectivity index is 1.53. The summed E-state index contributed by atoms with van der Waals surface area (Å²) in [6.07, 6.45) is 3.50. The summed E-state index contributed by atoms with van der Waals surface area (Å²) in [6, 6.07) is 26.9. The predicted molar refractivity (Wildman–Crippen MR) is 128 cm³/mol. The van der Waals surface area contributed by atoms with Crippen LogP contribution in [0.5, 0.6) is 0 Å². The highest BCUT2D eigenvalue weighted by Gasteiger charge is 2.19. The third-order valence-corrected chi connectivity index (χ3v) is 5.44. The van der Waals surface area contributed by atoms with Crippen molar-refractivity contribution in [1.82, 2.24) is 14.8 Å². The number of carbonyl (C=O) groups excluding carboxylic acids is 1. The number of rotatable bonds is 5. The van der Waals surface area contributed by atoms with Crippen LogP contribution in [-0.4, -0.2) is 20.7 Å². The predicted octanol–water partition coefficient (Wildman–Crippen LogP) is 6.05. The van der Waals surface area contributed by atoms with Gasteiger partial charge in [0, 0.05) is 28.4 Å². The number of aromatic nitrogens is 3. The van der Waals surface area contributed by atoms with Gasteiger partial charge in [-0.3, -0.25) is 14.5 Å². The van der Waals surface area contributed by atoms with Crippen LogP contribution in [0, 0.1) is 0 Å². The van der Waals surface area contributed by atoms with Gasteiger partial charge in [-0.05, 0) is 29.8 Å². The minimum Gasteiger partial charge on any atom is -0.320 e. The molecule has 0 bridgehead atoms. The SMILES string of the molecule is O=C(Nc1cccc2cccnc12)c1cn(Cc2ccccc2)nc1-c1ccc(Cl)cc1. The van der Waals surface area contributed by atoms with Crippen LogP contribution in [0.15, 0.2) is 97.3 Å². The molecule has 0 unspecified atom stereocenters. The van der Waals surface area contributed by atoms with Gasteiger partial charge in [0.1, 0.15) is 5.69 Å². The molecule has 0 atom stereocenters. The van der Waals surface area contributed by atoms with Gasteiger partial charge in [-0.25, -0.2) is 0 Å². The monoisotopic (exact) mass is 438 g/mol. The molecule has 0 aliphatic heterocycles. The second-order valence-electron chi connectivity index (χ2n) is 7.42. The summed E-state index contributed by atoms with van der Waals surface area (Å²) in [5.41, 5.74) is 4.41. The van der Waals surface area contributed by atoms with E-state index in [1.807, 2.05) is 72.8 Å². The van der Waals surface area contributed by atoms with Gasteiger partial charge in [-0.2, -0.15) is 5.10 Å². The Hall–Kier alpha value is -3.96. The minimum absolute atomic E-state index is 0.243. The average Bonchev–Trinajstić information content (AvgIpc) is 3.24. The zero-order valence-corrected chi connectivity index (χ0v) is 17.8. The van der Waals surface area contributed by atoms with Crippen LogP contribution in [0.2, 0.25) is 5.02 Å². The zero-order valence-electron chi connectivity index (χ0n) is 17.1. The lowest BCUT2D eigenvalue weighted by atomic mass is 10.1. The first-order chi connectivity index (χ1) is 15.7. The Morgan fingerprint density at radius 1 is 0.906 bits per heavy atom. The third-order valence-electron chi connectivity index (χ3n) is 5.19. The van der Waals surface area contributed by atoms with Crippen LogP contribution in [0.3, 0.4) is 0 Å². The van der Waals surface area contributed by atoms with E-state index in [0.717, 1.165) is 22.0 Å². The van der Waals surface area contributed by atoms with E-state index in [4.69, 9.17) is 16.7 Å². The number of benzene rings is 3. The second kappa shape index (κ2) is 8.65. The molecule has 1 amide bonds. The molecule has 0 saturated heterocycles. The summed E-state index contributed by atoms with van der Waals surface area (Å²) < 4.78 is 1.79. The molecular formula is C26H19ClN4O. The molecule has 0 spiro atoms. The lowest BCUT2D eigenvalue weighted by Gasteiger charge is -2.08. The van der Waals surface area contributed by atoms with Crippen molar-refractivity contribution < 1.29 is 4.79 Å². The molecule has 5 nitrogen and oxygen atoms in total. The average molecular weight is 439 g/mol. The Morgan fingerprint density at radius 3 is 2.50 bits per heavy atom. The van der Waals surface area contributed by atoms with Crippen molar-refractivity contribution >= 4 is 34.1 Å². The molecule has 5 aromatic rings. The van der Waals surface area contributed by atoms with Crippen LogP contribution in [0.25, 0.3) is 22.2 Å². The second-order valence-corrected chi connectivity index (χ2v) is 7.85. The van der Waals surface area contributed by atoms with Crippen molar-refractivity contribution in [2.45, 2.75) is 6.54 Å². The quantitative estimate of drug-likeness (QED) is 0.363. The number of anilines is 1. The van der Waals surface area contributed by atoms with Crippen LogP contribution in [0.4, 0.5) is 5.69 Å². The molecule has 156 valence electrons. The van der Waals surface area contributed by atoms with Gasteiger partial charge < -0.3 is 5.32 Å². The van der Waals surface area contributed by atoms with E-state index >= 15 is 0 Å². The Kier molecular flexibility index (Phi) is 5.40. The van der Waals surface area contributed by atoms with Crippen LogP contribution < -0.4 is 5.32 Å². The van der Waals surface area contributed by atoms with E-state index in [1.165, 1.54) is 0 Å². The lowest BCUT2D eigenvalue weighted by molar-refractivity contribution is 0.102. The molecule has 1 N–H and O–H groups in total. The van der Waals surface area contributed by atoms with E-state index < -0.39 is 0 Å². The number of carbonyl (C=O) groups is 1. The van der Waals surface area contributed by atoms with Crippen molar-refractivity contribution in [3.8, 4) is 11.3 Å². The van der Waals surface area contributed by atoms with Crippen molar-refractivity contribution in [3.05, 3.63) is 113 Å². The largest absolute Gasteiger partial charge is 0.320 e. The number of para-hydroxylation sites is 1. The molecule has 32 heavy (non-hydrogen) atoms. The lowest BCUT2D eigenvalue weighted by Crippen LogP contribution is -2.13. The maximum atomic E-state index is 13.4. The highest BCUT2D eigenvalue weighted by atomic mass is 35.5. The summed E-state index contributed by atoms with van der Waals surface area (Å²) in [4.78, 5) is 17.8. The van der Waals surface area contributed by atoms with E-state index in [9.17, 15) is 4.79 Å². The summed E-state index contributed by atoms with van der Waals surface area (Å²) >= 11 is 6.06. The number of hydrogen-bond acceptors (Lipinski definition) is 3. The highest BCUT2D eigenvalue weighted by molar-refractivity contribution is 6.30. The Bertz CT molecular complexity index is 1390. The number of nitrogens with zero attached hydrogens (tertiary/aromatic N) is 3. The van der Waals surface area contributed by atoms with Crippen molar-refractivity contribution in [2.75, 3.05) is 5.32 Å². The molecule has 0 fully saturated rings.